The molecule has 0 spiro atoms. The van der Waals surface area contributed by atoms with E-state index in [9.17, 15) is 9.59 Å². The van der Waals surface area contributed by atoms with Crippen LogP contribution in [-0.4, -0.2) is 69.8 Å². The Morgan fingerprint density at radius 1 is 1.00 bits per heavy atom. The summed E-state index contributed by atoms with van der Waals surface area (Å²) in [6.07, 6.45) is 0. The molecule has 1 unspecified atom stereocenters. The Kier molecular flexibility index (Phi) is 9.30. The van der Waals surface area contributed by atoms with Crippen molar-refractivity contribution < 1.29 is 23.8 Å². The maximum absolute atomic E-state index is 13.2. The molecule has 2 N–H and O–H groups in total. The van der Waals surface area contributed by atoms with Crippen molar-refractivity contribution in [3.05, 3.63) is 59.7 Å². The maximum atomic E-state index is 13.2. The van der Waals surface area contributed by atoms with Crippen LogP contribution in [0.25, 0.3) is 0 Å². The van der Waals surface area contributed by atoms with Gasteiger partial charge in [-0.05, 0) is 35.7 Å². The molecule has 1 aliphatic rings. The highest BCUT2D eigenvalue weighted by Crippen LogP contribution is 2.24. The van der Waals surface area contributed by atoms with Gasteiger partial charge in [-0.1, -0.05) is 38.1 Å². The first-order chi connectivity index (χ1) is 16.4. The minimum Gasteiger partial charge on any atom is -0.497 e. The summed E-state index contributed by atoms with van der Waals surface area (Å²) < 4.78 is 16.1. The molecule has 8 nitrogen and oxygen atoms in total. The molecule has 34 heavy (non-hydrogen) atoms. The fourth-order valence-corrected chi connectivity index (χ4v) is 4.07. The van der Waals surface area contributed by atoms with E-state index in [-0.39, 0.29) is 23.8 Å². The molecule has 1 heterocycles. The number of nitrogens with zero attached hydrogens (tertiary/aromatic N) is 1. The van der Waals surface area contributed by atoms with Gasteiger partial charge in [0.25, 0.3) is 5.91 Å². The minimum absolute atomic E-state index is 0.0171. The van der Waals surface area contributed by atoms with Gasteiger partial charge in [-0.3, -0.25) is 14.5 Å². The summed E-state index contributed by atoms with van der Waals surface area (Å²) in [4.78, 5) is 28.4. The van der Waals surface area contributed by atoms with E-state index >= 15 is 0 Å². The molecule has 1 saturated heterocycles. The van der Waals surface area contributed by atoms with Crippen molar-refractivity contribution >= 4 is 11.8 Å². The predicted molar refractivity (Wildman–Crippen MR) is 130 cm³/mol. The molecule has 2 aromatic rings. The van der Waals surface area contributed by atoms with E-state index in [0.29, 0.717) is 31.1 Å². The normalized spacial score (nSPS) is 15.9. The molecule has 0 aromatic heterocycles. The molecule has 2 aromatic carbocycles. The van der Waals surface area contributed by atoms with Crippen LogP contribution in [0.3, 0.4) is 0 Å². The summed E-state index contributed by atoms with van der Waals surface area (Å²) in [7, 11) is 3.16. The number of nitrogens with one attached hydrogen (secondary N) is 2. The second kappa shape index (κ2) is 12.4. The number of ether oxygens (including phenoxy) is 3. The highest BCUT2D eigenvalue weighted by atomic mass is 16.5. The molecule has 3 rings (SSSR count). The molecule has 8 heteroatoms. The van der Waals surface area contributed by atoms with Gasteiger partial charge in [-0.2, -0.15) is 0 Å². The van der Waals surface area contributed by atoms with Gasteiger partial charge in [0.2, 0.25) is 5.91 Å². The third kappa shape index (κ3) is 6.48. The lowest BCUT2D eigenvalue weighted by Gasteiger charge is -2.35. The first-order valence-electron chi connectivity index (χ1n) is 11.6. The van der Waals surface area contributed by atoms with Crippen molar-refractivity contribution in [3.8, 4) is 11.5 Å². The predicted octanol–water partition coefficient (Wildman–Crippen LogP) is 2.65. The number of para-hydroxylation sites is 1. The smallest absolute Gasteiger partial charge is 0.255 e. The van der Waals surface area contributed by atoms with Crippen LogP contribution in [-0.2, 0) is 9.53 Å². The lowest BCUT2D eigenvalue weighted by molar-refractivity contribution is -0.124. The Bertz CT molecular complexity index is 942. The number of amides is 2. The van der Waals surface area contributed by atoms with E-state index in [1.165, 1.54) is 7.11 Å². The molecular formula is C26H35N3O5. The van der Waals surface area contributed by atoms with E-state index in [1.807, 2.05) is 38.1 Å². The van der Waals surface area contributed by atoms with Crippen LogP contribution in [0.4, 0.5) is 0 Å². The Morgan fingerprint density at radius 3 is 2.29 bits per heavy atom. The van der Waals surface area contributed by atoms with Crippen LogP contribution in [0.5, 0.6) is 11.5 Å². The lowest BCUT2D eigenvalue weighted by atomic mass is 10.0. The van der Waals surface area contributed by atoms with Gasteiger partial charge in [-0.25, -0.2) is 0 Å². The second-order valence-electron chi connectivity index (χ2n) is 8.58. The monoisotopic (exact) mass is 469 g/mol. The number of morpholine rings is 1. The number of carbonyl (C=O) groups excluding carboxylic acids is 2. The highest BCUT2D eigenvalue weighted by Gasteiger charge is 2.28. The van der Waals surface area contributed by atoms with Gasteiger partial charge >= 0.3 is 0 Å². The van der Waals surface area contributed by atoms with Crippen LogP contribution < -0.4 is 20.1 Å². The summed E-state index contributed by atoms with van der Waals surface area (Å²) in [6.45, 7) is 7.12. The second-order valence-corrected chi connectivity index (χ2v) is 8.58. The Labute approximate surface area is 201 Å². The summed E-state index contributed by atoms with van der Waals surface area (Å²) in [5, 5.41) is 5.96. The number of methoxy groups -OCH3 is 2. The third-order valence-electron chi connectivity index (χ3n) is 6.04. The molecule has 1 aliphatic heterocycles. The Hall–Kier alpha value is -3.10. The molecule has 184 valence electrons. The molecular weight excluding hydrogens is 434 g/mol. The van der Waals surface area contributed by atoms with Crippen molar-refractivity contribution in [2.45, 2.75) is 25.9 Å². The summed E-state index contributed by atoms with van der Waals surface area (Å²) in [5.41, 5.74) is 1.48. The largest absolute Gasteiger partial charge is 0.497 e. The number of rotatable bonds is 10. The first-order valence-corrected chi connectivity index (χ1v) is 11.6. The van der Waals surface area contributed by atoms with E-state index < -0.39 is 6.04 Å². The minimum atomic E-state index is -0.682. The molecule has 1 fully saturated rings. The van der Waals surface area contributed by atoms with Crippen LogP contribution in [0.15, 0.2) is 48.5 Å². The number of benzene rings is 2. The van der Waals surface area contributed by atoms with Crippen LogP contribution in [0, 0.1) is 5.92 Å². The molecule has 2 atom stereocenters. The van der Waals surface area contributed by atoms with Crippen molar-refractivity contribution in [1.82, 2.24) is 15.5 Å². The van der Waals surface area contributed by atoms with E-state index in [4.69, 9.17) is 14.2 Å². The van der Waals surface area contributed by atoms with E-state index in [2.05, 4.69) is 15.5 Å². The van der Waals surface area contributed by atoms with Crippen molar-refractivity contribution in [2.75, 3.05) is 47.1 Å². The van der Waals surface area contributed by atoms with Crippen LogP contribution in [0.1, 0.15) is 35.8 Å². The van der Waals surface area contributed by atoms with Crippen LogP contribution in [0.2, 0.25) is 0 Å². The number of hydrogen-bond donors (Lipinski definition) is 2. The van der Waals surface area contributed by atoms with Crippen LogP contribution >= 0.6 is 0 Å². The quantitative estimate of drug-likeness (QED) is 0.556. The van der Waals surface area contributed by atoms with Crippen molar-refractivity contribution in [3.63, 3.8) is 0 Å². The lowest BCUT2D eigenvalue weighted by Crippen LogP contribution is -2.52. The van der Waals surface area contributed by atoms with E-state index in [0.717, 1.165) is 24.4 Å². The Morgan fingerprint density at radius 2 is 1.68 bits per heavy atom. The fraction of sp³-hybridized carbons (Fsp3) is 0.462. The highest BCUT2D eigenvalue weighted by molar-refractivity contribution is 5.99. The third-order valence-corrected chi connectivity index (χ3v) is 6.04. The molecule has 0 bridgehead atoms. The maximum Gasteiger partial charge on any atom is 0.255 e. The fourth-order valence-electron chi connectivity index (χ4n) is 4.07. The van der Waals surface area contributed by atoms with Gasteiger partial charge in [0, 0.05) is 19.6 Å². The van der Waals surface area contributed by atoms with Gasteiger partial charge < -0.3 is 24.8 Å². The molecule has 0 radical (unpaired) electrons. The zero-order valence-electron chi connectivity index (χ0n) is 20.4. The number of hydrogen-bond acceptors (Lipinski definition) is 6. The average Bonchev–Trinajstić information content (AvgIpc) is 2.87. The summed E-state index contributed by atoms with van der Waals surface area (Å²) in [6, 6.07) is 14.2. The zero-order valence-corrected chi connectivity index (χ0v) is 20.4. The van der Waals surface area contributed by atoms with Gasteiger partial charge in [0.15, 0.2) is 0 Å². The number of carbonyl (C=O) groups is 2. The summed E-state index contributed by atoms with van der Waals surface area (Å²) >= 11 is 0. The topological polar surface area (TPSA) is 89.1 Å². The standard InChI is InChI=1S/C26H35N3O5/c1-18(2)24(28-25(30)21-7-5-6-8-23(21)33-4)26(31)27-17-22(29-13-15-34-16-14-29)19-9-11-20(32-3)12-10-19/h5-12,18,22,24H,13-17H2,1-4H3,(H,27,31)(H,28,30)/t22?,24-/m0/s1. The summed E-state index contributed by atoms with van der Waals surface area (Å²) in [5.74, 6) is 0.597. The van der Waals surface area contributed by atoms with Gasteiger partial charge in [0.05, 0.1) is 39.0 Å². The molecule has 0 aliphatic carbocycles. The SMILES string of the molecule is COc1ccc(C(CNC(=O)[C@@H](NC(=O)c2ccccc2OC)C(C)C)N2CCOCC2)cc1. The van der Waals surface area contributed by atoms with Crippen molar-refractivity contribution in [2.24, 2.45) is 5.92 Å². The Balaban J connectivity index is 1.71. The van der Waals surface area contributed by atoms with Gasteiger partial charge in [0.1, 0.15) is 17.5 Å². The van der Waals surface area contributed by atoms with E-state index in [1.54, 1.807) is 31.4 Å². The first kappa shape index (κ1) is 25.5. The van der Waals surface area contributed by atoms with Gasteiger partial charge in [-0.15, -0.1) is 0 Å². The van der Waals surface area contributed by atoms with Crippen molar-refractivity contribution in [1.29, 1.82) is 0 Å². The average molecular weight is 470 g/mol. The molecule has 0 saturated carbocycles. The molecule has 2 amide bonds. The zero-order chi connectivity index (χ0) is 24.5.